The van der Waals surface area contributed by atoms with Crippen LogP contribution in [0.2, 0.25) is 20.1 Å². The van der Waals surface area contributed by atoms with Gasteiger partial charge in [-0.15, -0.1) is 0 Å². The molecule has 0 saturated heterocycles. The molecule has 0 aliphatic rings. The van der Waals surface area contributed by atoms with Crippen LogP contribution in [0.4, 0.5) is 11.6 Å². The van der Waals surface area contributed by atoms with Crippen LogP contribution in [0.25, 0.3) is 22.5 Å². The molecule has 0 spiro atoms. The van der Waals surface area contributed by atoms with Gasteiger partial charge in [-0.25, -0.2) is 4.98 Å². The largest absolute Gasteiger partial charge is 0.360 e. The molecule has 202 valence electrons. The Bertz CT molecular complexity index is 1620. The van der Waals surface area contributed by atoms with Crippen LogP contribution in [0, 0.1) is 13.8 Å². The predicted molar refractivity (Wildman–Crippen MR) is 154 cm³/mol. The van der Waals surface area contributed by atoms with Crippen molar-refractivity contribution in [2.45, 2.75) is 13.8 Å². The van der Waals surface area contributed by atoms with Gasteiger partial charge in [0, 0.05) is 11.1 Å². The molecular weight excluding hydrogens is 600 g/mol. The summed E-state index contributed by atoms with van der Waals surface area (Å²) < 4.78 is 10.5. The summed E-state index contributed by atoms with van der Waals surface area (Å²) in [6, 6.07) is 14.6. The Balaban J connectivity index is 1.40. The zero-order valence-corrected chi connectivity index (χ0v) is 23.7. The van der Waals surface area contributed by atoms with Gasteiger partial charge in [0.25, 0.3) is 11.8 Å². The Morgan fingerprint density at radius 3 is 1.35 bits per heavy atom. The van der Waals surface area contributed by atoms with Gasteiger partial charge in [-0.05, 0) is 50.2 Å². The Morgan fingerprint density at radius 2 is 0.975 bits per heavy atom. The fourth-order valence-electron chi connectivity index (χ4n) is 4.00. The number of hydrogen-bond donors (Lipinski definition) is 2. The van der Waals surface area contributed by atoms with E-state index in [0.717, 1.165) is 0 Å². The molecule has 3 aromatic heterocycles. The number of carbonyl (C=O) groups excluding carboxylic acids is 2. The average molecular weight is 617 g/mol. The number of halogens is 4. The van der Waals surface area contributed by atoms with Gasteiger partial charge in [0.1, 0.15) is 45.7 Å². The molecule has 0 fully saturated rings. The number of anilines is 2. The maximum atomic E-state index is 13.3. The van der Waals surface area contributed by atoms with Crippen molar-refractivity contribution >= 4 is 69.9 Å². The normalized spacial score (nSPS) is 10.9. The lowest BCUT2D eigenvalue weighted by Crippen LogP contribution is -2.17. The average Bonchev–Trinajstić information content (AvgIpc) is 3.46. The van der Waals surface area contributed by atoms with Gasteiger partial charge in [-0.3, -0.25) is 9.59 Å². The molecule has 2 N–H and O–H groups in total. The third-order valence-corrected chi connectivity index (χ3v) is 7.07. The van der Waals surface area contributed by atoms with Crippen molar-refractivity contribution in [2.75, 3.05) is 10.6 Å². The first kappa shape index (κ1) is 27.7. The molecule has 0 radical (unpaired) electrons. The van der Waals surface area contributed by atoms with Crippen LogP contribution in [0.5, 0.6) is 0 Å². The zero-order chi connectivity index (χ0) is 28.6. The van der Waals surface area contributed by atoms with Crippen molar-refractivity contribution in [1.82, 2.24) is 15.3 Å². The Hall–Kier alpha value is -3.89. The Kier molecular flexibility index (Phi) is 7.82. The summed E-state index contributed by atoms with van der Waals surface area (Å²) in [5.41, 5.74) is 1.35. The lowest BCUT2D eigenvalue weighted by atomic mass is 10.1. The summed E-state index contributed by atoms with van der Waals surface area (Å²) in [4.78, 5) is 30.9. The molecular formula is C27H17Cl4N5O4. The third kappa shape index (κ3) is 5.29. The van der Waals surface area contributed by atoms with Crippen molar-refractivity contribution in [3.63, 3.8) is 0 Å². The number of aromatic nitrogens is 3. The van der Waals surface area contributed by atoms with E-state index in [0.29, 0.717) is 31.2 Å². The van der Waals surface area contributed by atoms with Gasteiger partial charge < -0.3 is 19.7 Å². The van der Waals surface area contributed by atoms with Gasteiger partial charge >= 0.3 is 0 Å². The van der Waals surface area contributed by atoms with E-state index >= 15 is 0 Å². The second-order valence-electron chi connectivity index (χ2n) is 8.43. The number of nitrogens with one attached hydrogen (secondary N) is 2. The second-order valence-corrected chi connectivity index (χ2v) is 10.1. The summed E-state index contributed by atoms with van der Waals surface area (Å²) in [5.74, 6) is -0.326. The van der Waals surface area contributed by atoms with Gasteiger partial charge in [0.05, 0.1) is 20.1 Å². The summed E-state index contributed by atoms with van der Waals surface area (Å²) in [7, 11) is 0. The van der Waals surface area contributed by atoms with Crippen LogP contribution in [-0.4, -0.2) is 27.1 Å². The molecule has 5 rings (SSSR count). The van der Waals surface area contributed by atoms with E-state index in [1.807, 2.05) is 0 Å². The van der Waals surface area contributed by atoms with E-state index in [2.05, 4.69) is 25.9 Å². The van der Waals surface area contributed by atoms with Crippen molar-refractivity contribution in [3.8, 4) is 22.5 Å². The molecule has 40 heavy (non-hydrogen) atoms. The number of pyridine rings is 1. The Labute approximate surface area is 247 Å². The van der Waals surface area contributed by atoms with Gasteiger partial charge in [0.2, 0.25) is 0 Å². The van der Waals surface area contributed by atoms with E-state index in [1.54, 1.807) is 68.4 Å². The zero-order valence-electron chi connectivity index (χ0n) is 20.7. The Morgan fingerprint density at radius 1 is 0.625 bits per heavy atom. The molecule has 0 saturated carbocycles. The first-order valence-electron chi connectivity index (χ1n) is 11.6. The van der Waals surface area contributed by atoms with Crippen LogP contribution in [0.3, 0.4) is 0 Å². The van der Waals surface area contributed by atoms with E-state index < -0.39 is 11.8 Å². The summed E-state index contributed by atoms with van der Waals surface area (Å²) >= 11 is 25.3. The number of benzene rings is 2. The number of nitrogens with zero attached hydrogens (tertiary/aromatic N) is 3. The number of amides is 2. The van der Waals surface area contributed by atoms with Gasteiger partial charge in [-0.1, -0.05) is 74.9 Å². The van der Waals surface area contributed by atoms with Gasteiger partial charge in [-0.2, -0.15) is 0 Å². The fraction of sp³-hybridized carbons (Fsp3) is 0.0741. The van der Waals surface area contributed by atoms with Crippen molar-refractivity contribution in [1.29, 1.82) is 0 Å². The number of rotatable bonds is 6. The van der Waals surface area contributed by atoms with E-state index in [9.17, 15) is 9.59 Å². The summed E-state index contributed by atoms with van der Waals surface area (Å²) in [5, 5.41) is 14.6. The molecule has 0 aliphatic heterocycles. The van der Waals surface area contributed by atoms with Crippen LogP contribution < -0.4 is 10.6 Å². The summed E-state index contributed by atoms with van der Waals surface area (Å²) in [6.07, 6.45) is 0. The molecule has 5 aromatic rings. The molecule has 2 aromatic carbocycles. The molecule has 0 aliphatic carbocycles. The van der Waals surface area contributed by atoms with E-state index in [4.69, 9.17) is 55.4 Å². The highest BCUT2D eigenvalue weighted by Gasteiger charge is 2.27. The minimum Gasteiger partial charge on any atom is -0.360 e. The van der Waals surface area contributed by atoms with Crippen molar-refractivity contribution in [3.05, 3.63) is 97.3 Å². The molecule has 0 unspecified atom stereocenters. The van der Waals surface area contributed by atoms with Crippen molar-refractivity contribution < 1.29 is 18.6 Å². The predicted octanol–water partition coefficient (Wildman–Crippen LogP) is 8.13. The quantitative estimate of drug-likeness (QED) is 0.197. The fourth-order valence-corrected chi connectivity index (χ4v) is 5.15. The van der Waals surface area contributed by atoms with Crippen LogP contribution >= 0.6 is 46.4 Å². The highest BCUT2D eigenvalue weighted by molar-refractivity contribution is 6.40. The monoisotopic (exact) mass is 615 g/mol. The summed E-state index contributed by atoms with van der Waals surface area (Å²) in [6.45, 7) is 3.18. The first-order valence-corrected chi connectivity index (χ1v) is 13.1. The standard InChI is InChI=1S/C27H17Cl4N5O4/c1-12-20(24(35-39-12)22-14(28)6-3-7-15(22)29)26(37)33-18-10-5-11-19(32-18)34-27(38)21-13(2)40-36-25(21)23-16(30)8-4-9-17(23)31/h3-11H,1-2H3,(H2,32,33,34,37,38). The maximum absolute atomic E-state index is 13.3. The molecule has 2 amide bonds. The molecule has 9 nitrogen and oxygen atoms in total. The smallest absolute Gasteiger partial charge is 0.262 e. The van der Waals surface area contributed by atoms with E-state index in [-0.39, 0.29) is 45.7 Å². The lowest BCUT2D eigenvalue weighted by molar-refractivity contribution is 0.101. The van der Waals surface area contributed by atoms with Crippen LogP contribution in [-0.2, 0) is 0 Å². The van der Waals surface area contributed by atoms with Crippen LogP contribution in [0.1, 0.15) is 32.2 Å². The van der Waals surface area contributed by atoms with E-state index in [1.165, 1.54) is 0 Å². The number of carbonyl (C=O) groups is 2. The molecule has 0 atom stereocenters. The molecule has 13 heteroatoms. The number of aryl methyl sites for hydroxylation is 2. The lowest BCUT2D eigenvalue weighted by Gasteiger charge is -2.10. The maximum Gasteiger partial charge on any atom is 0.262 e. The number of hydrogen-bond acceptors (Lipinski definition) is 7. The minimum absolute atomic E-state index is 0.132. The minimum atomic E-state index is -0.564. The topological polar surface area (TPSA) is 123 Å². The van der Waals surface area contributed by atoms with Crippen molar-refractivity contribution in [2.24, 2.45) is 0 Å². The first-order chi connectivity index (χ1) is 19.2. The third-order valence-electron chi connectivity index (χ3n) is 5.81. The highest BCUT2D eigenvalue weighted by atomic mass is 35.5. The highest BCUT2D eigenvalue weighted by Crippen LogP contribution is 2.38. The van der Waals surface area contributed by atoms with Crippen LogP contribution in [0.15, 0.2) is 63.6 Å². The second kappa shape index (κ2) is 11.3. The van der Waals surface area contributed by atoms with Gasteiger partial charge in [0.15, 0.2) is 0 Å². The molecule has 0 bridgehead atoms. The SMILES string of the molecule is Cc1onc(-c2c(Cl)cccc2Cl)c1C(=O)Nc1cccc(NC(=O)c2c(-c3c(Cl)cccc3Cl)noc2C)n1. The molecule has 3 heterocycles.